The topological polar surface area (TPSA) is 13.7 Å². The Hall–Kier alpha value is -0.210. The number of morpholine rings is 1. The molecule has 0 amide bonds. The van der Waals surface area contributed by atoms with Crippen molar-refractivity contribution in [3.63, 3.8) is 0 Å². The van der Waals surface area contributed by atoms with Gasteiger partial charge in [0.25, 0.3) is 0 Å². The van der Waals surface area contributed by atoms with Crippen LogP contribution in [0.1, 0.15) is 0 Å². The monoisotopic (exact) mass is 113 g/mol. The molecule has 1 rings (SSSR count). The zero-order chi connectivity index (χ0) is 5.98. The second-order valence-electron chi connectivity index (χ2n) is 2.06. The van der Waals surface area contributed by atoms with Crippen LogP contribution in [0.25, 0.3) is 0 Å². The highest BCUT2D eigenvalue weighted by molar-refractivity contribution is 4.81. The van der Waals surface area contributed by atoms with Gasteiger partial charge in [0, 0.05) is 0 Å². The molecular weight excluding hydrogens is 102 g/mol. The third kappa shape index (κ3) is 1.39. The molecule has 1 unspecified atom stereocenters. The van der Waals surface area contributed by atoms with E-state index in [2.05, 4.69) is 14.0 Å². The largest absolute Gasteiger partial charge is 0.428 e. The van der Waals surface area contributed by atoms with E-state index in [0.29, 0.717) is 0 Å². The summed E-state index contributed by atoms with van der Waals surface area (Å²) >= 11 is 0. The fourth-order valence-electron chi connectivity index (χ4n) is 0.758. The van der Waals surface area contributed by atoms with Gasteiger partial charge in [0.2, 0.25) is 0 Å². The summed E-state index contributed by atoms with van der Waals surface area (Å²) in [4.78, 5) is 1.24. The second-order valence-corrected chi connectivity index (χ2v) is 2.06. The van der Waals surface area contributed by atoms with E-state index in [9.17, 15) is 0 Å². The Kier molecular flexibility index (Phi) is 1.76. The lowest BCUT2D eigenvalue weighted by Gasteiger charge is -2.24. The SMILES string of the molecule is [CH2-][C+]1C[NH+]([CH2-])CCO1. The normalized spacial score (nSPS) is 30.8. The second kappa shape index (κ2) is 2.37. The molecule has 8 heavy (non-hydrogen) atoms. The molecule has 2 heteroatoms. The highest BCUT2D eigenvalue weighted by atomic mass is 16.5. The van der Waals surface area contributed by atoms with E-state index < -0.39 is 0 Å². The zero-order valence-electron chi connectivity index (χ0n) is 4.94. The van der Waals surface area contributed by atoms with Crippen molar-refractivity contribution in [2.24, 2.45) is 0 Å². The van der Waals surface area contributed by atoms with Gasteiger partial charge in [0.1, 0.15) is 12.7 Å². The summed E-state index contributed by atoms with van der Waals surface area (Å²) in [7, 11) is 3.82. The van der Waals surface area contributed by atoms with E-state index in [1.54, 1.807) is 0 Å². The van der Waals surface area contributed by atoms with Crippen molar-refractivity contribution in [3.8, 4) is 0 Å². The molecule has 0 aromatic heterocycles. The number of quaternary nitrogens is 1. The van der Waals surface area contributed by atoms with Crippen LogP contribution in [0.4, 0.5) is 0 Å². The average molecular weight is 113 g/mol. The highest BCUT2D eigenvalue weighted by Crippen LogP contribution is 1.96. The van der Waals surface area contributed by atoms with Gasteiger partial charge in [-0.3, -0.25) is 0 Å². The number of hydrogen-bond donors (Lipinski definition) is 1. The fourth-order valence-corrected chi connectivity index (χ4v) is 0.758. The van der Waals surface area contributed by atoms with Gasteiger partial charge in [0.15, 0.2) is 6.54 Å². The van der Waals surface area contributed by atoms with Crippen LogP contribution in [0.2, 0.25) is 0 Å². The first-order valence-electron chi connectivity index (χ1n) is 2.76. The summed E-state index contributed by atoms with van der Waals surface area (Å²) in [5.74, 6) is 0. The molecule has 1 N–H and O–H groups in total. The lowest BCUT2D eigenvalue weighted by Crippen LogP contribution is -3.09. The molecule has 1 saturated heterocycles. The van der Waals surface area contributed by atoms with Gasteiger partial charge in [-0.05, 0) is 0 Å². The number of ether oxygens (including phenoxy) is 1. The van der Waals surface area contributed by atoms with Crippen molar-refractivity contribution in [1.82, 2.24) is 0 Å². The minimum atomic E-state index is 0.775. The summed E-state index contributed by atoms with van der Waals surface area (Å²) < 4.78 is 5.09. The predicted octanol–water partition coefficient (Wildman–Crippen LogP) is -0.941. The van der Waals surface area contributed by atoms with E-state index in [1.807, 2.05) is 0 Å². The first-order chi connectivity index (χ1) is 3.79. The fraction of sp³-hybridized carbons (Fsp3) is 0.500. The number of nitrogens with one attached hydrogen (secondary N) is 1. The van der Waals surface area contributed by atoms with Crippen LogP contribution in [-0.4, -0.2) is 19.7 Å². The number of rotatable bonds is 0. The predicted molar refractivity (Wildman–Crippen MR) is 30.6 cm³/mol. The molecule has 1 atom stereocenters. The van der Waals surface area contributed by atoms with E-state index in [0.717, 1.165) is 25.8 Å². The summed E-state index contributed by atoms with van der Waals surface area (Å²) in [5.41, 5.74) is 0. The molecule has 0 aromatic carbocycles. The lowest BCUT2D eigenvalue weighted by molar-refractivity contribution is -0.860. The van der Waals surface area contributed by atoms with E-state index in [1.165, 1.54) is 4.90 Å². The van der Waals surface area contributed by atoms with Gasteiger partial charge in [-0.25, -0.2) is 4.74 Å². The van der Waals surface area contributed by atoms with E-state index >= 15 is 0 Å². The first kappa shape index (κ1) is 5.92. The van der Waals surface area contributed by atoms with Crippen molar-refractivity contribution in [1.29, 1.82) is 0 Å². The molecule has 0 aromatic rings. The standard InChI is InChI=1S/C6H11NO/c1-6-5-7(2)3-4-8-6/h7H,1-5H2. The molecule has 0 radical (unpaired) electrons. The Morgan fingerprint density at radius 1 is 1.62 bits per heavy atom. The quantitative estimate of drug-likeness (QED) is 0.400. The van der Waals surface area contributed by atoms with Crippen LogP contribution >= 0.6 is 0 Å². The molecule has 1 aliphatic rings. The zero-order valence-corrected chi connectivity index (χ0v) is 4.94. The van der Waals surface area contributed by atoms with Crippen LogP contribution in [-0.2, 0) is 4.74 Å². The van der Waals surface area contributed by atoms with Crippen molar-refractivity contribution >= 4 is 0 Å². The Morgan fingerprint density at radius 3 is 2.75 bits per heavy atom. The maximum Gasteiger partial charge on any atom is 0.190 e. The molecule has 0 saturated carbocycles. The minimum absolute atomic E-state index is 0.775. The van der Waals surface area contributed by atoms with E-state index in [-0.39, 0.29) is 0 Å². The average Bonchev–Trinajstić information content (AvgIpc) is 1.64. The van der Waals surface area contributed by atoms with Crippen LogP contribution in [0.5, 0.6) is 0 Å². The van der Waals surface area contributed by atoms with Gasteiger partial charge in [-0.2, -0.15) is 0 Å². The van der Waals surface area contributed by atoms with Crippen LogP contribution in [0, 0.1) is 20.1 Å². The summed E-state index contributed by atoms with van der Waals surface area (Å²) in [6.45, 7) is 6.32. The van der Waals surface area contributed by atoms with E-state index in [4.69, 9.17) is 4.74 Å². The van der Waals surface area contributed by atoms with Crippen LogP contribution in [0.15, 0.2) is 0 Å². The third-order valence-corrected chi connectivity index (χ3v) is 1.21. The smallest absolute Gasteiger partial charge is 0.190 e. The van der Waals surface area contributed by atoms with Crippen molar-refractivity contribution in [2.45, 2.75) is 0 Å². The maximum absolute atomic E-state index is 5.09. The minimum Gasteiger partial charge on any atom is -0.428 e. The molecule has 0 aliphatic carbocycles. The third-order valence-electron chi connectivity index (χ3n) is 1.21. The molecule has 1 fully saturated rings. The number of hydrogen-bond acceptors (Lipinski definition) is 1. The van der Waals surface area contributed by atoms with Gasteiger partial charge >= 0.3 is 0 Å². The van der Waals surface area contributed by atoms with Gasteiger partial charge in [-0.15, -0.1) is 14.0 Å². The Balaban J connectivity index is 2.23. The Bertz CT molecular complexity index is 66.9. The molecule has 2 nitrogen and oxygen atoms in total. The molecule has 0 spiro atoms. The molecule has 46 valence electrons. The van der Waals surface area contributed by atoms with Crippen LogP contribution in [0.3, 0.4) is 0 Å². The van der Waals surface area contributed by atoms with Gasteiger partial charge < -0.3 is 4.90 Å². The van der Waals surface area contributed by atoms with Crippen molar-refractivity contribution < 1.29 is 9.64 Å². The molecule has 0 bridgehead atoms. The summed E-state index contributed by atoms with van der Waals surface area (Å²) in [5, 5.41) is 0. The maximum atomic E-state index is 5.09. The molecule has 1 heterocycles. The molecule has 1 aliphatic heterocycles. The summed E-state index contributed by atoms with van der Waals surface area (Å²) in [6, 6.07) is 0. The van der Waals surface area contributed by atoms with Gasteiger partial charge in [-0.1, -0.05) is 0 Å². The first-order valence-corrected chi connectivity index (χ1v) is 2.76. The van der Waals surface area contributed by atoms with Crippen molar-refractivity contribution in [3.05, 3.63) is 20.1 Å². The summed E-state index contributed by atoms with van der Waals surface area (Å²) in [6.07, 6.45) is 0.862. The van der Waals surface area contributed by atoms with Crippen LogP contribution < -0.4 is 4.90 Å². The highest BCUT2D eigenvalue weighted by Gasteiger charge is 2.17. The van der Waals surface area contributed by atoms with Crippen molar-refractivity contribution in [2.75, 3.05) is 19.7 Å². The molecular formula is C6H11NO. The van der Waals surface area contributed by atoms with Gasteiger partial charge in [0.05, 0.1) is 6.54 Å². The lowest BCUT2D eigenvalue weighted by atomic mass is 10.3. The Labute approximate surface area is 50.4 Å². The Morgan fingerprint density at radius 2 is 2.38 bits per heavy atom.